The number of aliphatic hydroxyl groups is 1. The van der Waals surface area contributed by atoms with Crippen LogP contribution in [-0.4, -0.2) is 30.7 Å². The molecule has 0 bridgehead atoms. The van der Waals surface area contributed by atoms with Crippen molar-refractivity contribution < 1.29 is 5.11 Å². The molecule has 1 rings (SSSR count). The van der Waals surface area contributed by atoms with Crippen molar-refractivity contribution in [3.05, 3.63) is 35.4 Å². The fraction of sp³-hybridized carbons (Fsp3) is 0.500. The van der Waals surface area contributed by atoms with Crippen LogP contribution in [-0.2, 0) is 0 Å². The molecule has 1 aromatic carbocycles. The summed E-state index contributed by atoms with van der Waals surface area (Å²) >= 11 is 0. The maximum atomic E-state index is 9.01. The van der Waals surface area contributed by atoms with Crippen LogP contribution in [0.1, 0.15) is 23.6 Å². The maximum Gasteiger partial charge on any atom is 0.0449 e. The molecule has 0 aliphatic carbocycles. The first-order chi connectivity index (χ1) is 6.66. The van der Waals surface area contributed by atoms with Crippen molar-refractivity contribution >= 4 is 0 Å². The Morgan fingerprint density at radius 1 is 1.29 bits per heavy atom. The summed E-state index contributed by atoms with van der Waals surface area (Å²) in [6, 6.07) is 8.67. The standard InChI is InChI=1S/C12H19NO/c1-10-6-4-5-7-11(10)12(8-9-14)13(2)3/h4-7,12,14H,8-9H2,1-3H3. The van der Waals surface area contributed by atoms with Gasteiger partial charge in [0.25, 0.3) is 0 Å². The predicted octanol–water partition coefficient (Wildman–Crippen LogP) is 1.98. The molecule has 1 aromatic rings. The molecule has 78 valence electrons. The highest BCUT2D eigenvalue weighted by atomic mass is 16.3. The fourth-order valence-electron chi connectivity index (χ4n) is 1.77. The van der Waals surface area contributed by atoms with Gasteiger partial charge >= 0.3 is 0 Å². The lowest BCUT2D eigenvalue weighted by atomic mass is 9.98. The van der Waals surface area contributed by atoms with E-state index in [1.165, 1.54) is 11.1 Å². The van der Waals surface area contributed by atoms with Gasteiger partial charge in [-0.05, 0) is 38.6 Å². The molecular formula is C12H19NO. The van der Waals surface area contributed by atoms with Crippen molar-refractivity contribution in [1.29, 1.82) is 0 Å². The highest BCUT2D eigenvalue weighted by Gasteiger charge is 2.14. The van der Waals surface area contributed by atoms with Gasteiger partial charge in [0.05, 0.1) is 0 Å². The van der Waals surface area contributed by atoms with E-state index < -0.39 is 0 Å². The first-order valence-electron chi connectivity index (χ1n) is 4.99. The third-order valence-electron chi connectivity index (χ3n) is 2.57. The first-order valence-corrected chi connectivity index (χ1v) is 4.99. The number of hydrogen-bond donors (Lipinski definition) is 1. The fourth-order valence-corrected chi connectivity index (χ4v) is 1.77. The van der Waals surface area contributed by atoms with Crippen LogP contribution in [0.2, 0.25) is 0 Å². The number of rotatable bonds is 4. The minimum absolute atomic E-state index is 0.233. The predicted molar refractivity (Wildman–Crippen MR) is 59.3 cm³/mol. The smallest absolute Gasteiger partial charge is 0.0449 e. The Morgan fingerprint density at radius 2 is 1.93 bits per heavy atom. The lowest BCUT2D eigenvalue weighted by molar-refractivity contribution is 0.210. The zero-order valence-corrected chi connectivity index (χ0v) is 9.20. The van der Waals surface area contributed by atoms with Crippen molar-refractivity contribution in [2.45, 2.75) is 19.4 Å². The molecule has 1 atom stereocenters. The average Bonchev–Trinajstić information content (AvgIpc) is 2.15. The third-order valence-corrected chi connectivity index (χ3v) is 2.57. The molecule has 0 saturated carbocycles. The zero-order valence-electron chi connectivity index (χ0n) is 9.20. The van der Waals surface area contributed by atoms with E-state index in [9.17, 15) is 0 Å². The molecule has 14 heavy (non-hydrogen) atoms. The molecule has 0 amide bonds. The van der Waals surface area contributed by atoms with Gasteiger partial charge in [-0.2, -0.15) is 0 Å². The van der Waals surface area contributed by atoms with Gasteiger partial charge in [-0.1, -0.05) is 24.3 Å². The summed E-state index contributed by atoms with van der Waals surface area (Å²) in [6.07, 6.45) is 0.790. The van der Waals surface area contributed by atoms with Crippen molar-refractivity contribution in [2.24, 2.45) is 0 Å². The molecule has 1 unspecified atom stereocenters. The number of hydrogen-bond acceptors (Lipinski definition) is 2. The number of benzene rings is 1. The van der Waals surface area contributed by atoms with Crippen molar-refractivity contribution in [3.63, 3.8) is 0 Å². The molecular weight excluding hydrogens is 174 g/mol. The van der Waals surface area contributed by atoms with E-state index >= 15 is 0 Å². The summed E-state index contributed by atoms with van der Waals surface area (Å²) in [5.41, 5.74) is 2.60. The van der Waals surface area contributed by atoms with Gasteiger partial charge in [0.1, 0.15) is 0 Å². The van der Waals surface area contributed by atoms with E-state index in [1.54, 1.807) is 0 Å². The van der Waals surface area contributed by atoms with Crippen LogP contribution < -0.4 is 0 Å². The first kappa shape index (κ1) is 11.2. The Kier molecular flexibility index (Phi) is 4.11. The summed E-state index contributed by atoms with van der Waals surface area (Å²) < 4.78 is 0. The van der Waals surface area contributed by atoms with E-state index in [-0.39, 0.29) is 6.61 Å². The normalized spacial score (nSPS) is 13.2. The van der Waals surface area contributed by atoms with E-state index in [2.05, 4.69) is 30.0 Å². The molecule has 2 heteroatoms. The quantitative estimate of drug-likeness (QED) is 0.790. The monoisotopic (exact) mass is 193 g/mol. The number of aryl methyl sites for hydroxylation is 1. The average molecular weight is 193 g/mol. The van der Waals surface area contributed by atoms with Crippen LogP contribution in [0.5, 0.6) is 0 Å². The lowest BCUT2D eigenvalue weighted by Crippen LogP contribution is -2.21. The van der Waals surface area contributed by atoms with Crippen LogP contribution in [0.3, 0.4) is 0 Å². The number of nitrogens with zero attached hydrogens (tertiary/aromatic N) is 1. The number of aliphatic hydroxyl groups excluding tert-OH is 1. The molecule has 0 aliphatic heterocycles. The maximum absolute atomic E-state index is 9.01. The summed E-state index contributed by atoms with van der Waals surface area (Å²) in [7, 11) is 4.10. The molecule has 0 aromatic heterocycles. The van der Waals surface area contributed by atoms with E-state index in [4.69, 9.17) is 5.11 Å². The largest absolute Gasteiger partial charge is 0.396 e. The minimum Gasteiger partial charge on any atom is -0.396 e. The Morgan fingerprint density at radius 3 is 2.43 bits per heavy atom. The van der Waals surface area contributed by atoms with E-state index in [1.807, 2.05) is 20.2 Å². The Bertz CT molecular complexity index is 283. The molecule has 2 nitrogen and oxygen atoms in total. The zero-order chi connectivity index (χ0) is 10.6. The molecule has 0 fully saturated rings. The van der Waals surface area contributed by atoms with Crippen molar-refractivity contribution in [3.8, 4) is 0 Å². The third kappa shape index (κ3) is 2.56. The Hall–Kier alpha value is -0.860. The van der Waals surface area contributed by atoms with Gasteiger partial charge in [-0.25, -0.2) is 0 Å². The highest BCUT2D eigenvalue weighted by molar-refractivity contribution is 5.28. The van der Waals surface area contributed by atoms with E-state index in [0.29, 0.717) is 6.04 Å². The summed E-state index contributed by atoms with van der Waals surface area (Å²) in [5, 5.41) is 9.01. The second kappa shape index (κ2) is 5.13. The van der Waals surface area contributed by atoms with Crippen LogP contribution in [0.25, 0.3) is 0 Å². The highest BCUT2D eigenvalue weighted by Crippen LogP contribution is 2.24. The van der Waals surface area contributed by atoms with Crippen molar-refractivity contribution in [1.82, 2.24) is 4.90 Å². The van der Waals surface area contributed by atoms with Crippen LogP contribution in [0.4, 0.5) is 0 Å². The minimum atomic E-state index is 0.233. The van der Waals surface area contributed by atoms with Gasteiger partial charge in [0, 0.05) is 12.6 Å². The molecule has 0 aliphatic rings. The van der Waals surface area contributed by atoms with Crippen LogP contribution in [0.15, 0.2) is 24.3 Å². The Labute approximate surface area is 86.2 Å². The second-order valence-corrected chi connectivity index (χ2v) is 3.85. The van der Waals surface area contributed by atoms with Gasteiger partial charge in [-0.15, -0.1) is 0 Å². The van der Waals surface area contributed by atoms with Gasteiger partial charge < -0.3 is 10.0 Å². The summed E-state index contributed by atoms with van der Waals surface area (Å²) in [6.45, 7) is 2.35. The molecule has 0 radical (unpaired) electrons. The Balaban J connectivity index is 2.93. The summed E-state index contributed by atoms with van der Waals surface area (Å²) in [5.74, 6) is 0. The molecule has 0 spiro atoms. The lowest BCUT2D eigenvalue weighted by Gasteiger charge is -2.25. The van der Waals surface area contributed by atoms with Crippen LogP contribution in [0, 0.1) is 6.92 Å². The molecule has 0 heterocycles. The van der Waals surface area contributed by atoms with Crippen molar-refractivity contribution in [2.75, 3.05) is 20.7 Å². The van der Waals surface area contributed by atoms with Crippen LogP contribution >= 0.6 is 0 Å². The molecule has 1 N–H and O–H groups in total. The SMILES string of the molecule is Cc1ccccc1C(CCO)N(C)C. The van der Waals surface area contributed by atoms with Gasteiger partial charge in [-0.3, -0.25) is 0 Å². The van der Waals surface area contributed by atoms with Gasteiger partial charge in [0.2, 0.25) is 0 Å². The topological polar surface area (TPSA) is 23.5 Å². The second-order valence-electron chi connectivity index (χ2n) is 3.85. The molecule has 0 saturated heterocycles. The van der Waals surface area contributed by atoms with E-state index in [0.717, 1.165) is 6.42 Å². The summed E-state index contributed by atoms with van der Waals surface area (Å²) in [4.78, 5) is 2.15. The van der Waals surface area contributed by atoms with Gasteiger partial charge in [0.15, 0.2) is 0 Å².